The number of hydrogen-bond acceptors (Lipinski definition) is 3. The van der Waals surface area contributed by atoms with Gasteiger partial charge in [0, 0.05) is 36.2 Å². The molecule has 2 fully saturated rings. The van der Waals surface area contributed by atoms with Gasteiger partial charge in [0.25, 0.3) is 0 Å². The molecule has 1 aromatic rings. The van der Waals surface area contributed by atoms with Crippen LogP contribution in [0.25, 0.3) is 0 Å². The third-order valence-corrected chi connectivity index (χ3v) is 7.53. The molecule has 0 bridgehead atoms. The molecule has 0 aliphatic carbocycles. The first-order valence-corrected chi connectivity index (χ1v) is 11.4. The minimum absolute atomic E-state index is 0.106. The van der Waals surface area contributed by atoms with E-state index in [1.807, 2.05) is 4.90 Å². The van der Waals surface area contributed by atoms with Gasteiger partial charge >= 0.3 is 0 Å². The van der Waals surface area contributed by atoms with Crippen LogP contribution in [-0.4, -0.2) is 49.7 Å². The predicted molar refractivity (Wildman–Crippen MR) is 104 cm³/mol. The van der Waals surface area contributed by atoms with Crippen LogP contribution in [0.2, 0.25) is 10.0 Å². The summed E-state index contributed by atoms with van der Waals surface area (Å²) in [6.45, 7) is 2.31. The third-order valence-electron chi connectivity index (χ3n) is 5.15. The Labute approximate surface area is 165 Å². The van der Waals surface area contributed by atoms with Gasteiger partial charge < -0.3 is 4.90 Å². The van der Waals surface area contributed by atoms with Crippen molar-refractivity contribution in [3.63, 3.8) is 0 Å². The topological polar surface area (TPSA) is 57.7 Å². The first-order valence-electron chi connectivity index (χ1n) is 9.07. The maximum Gasteiger partial charge on any atom is 0.227 e. The van der Waals surface area contributed by atoms with E-state index >= 15 is 0 Å². The van der Waals surface area contributed by atoms with E-state index in [9.17, 15) is 13.2 Å². The molecule has 1 unspecified atom stereocenters. The number of benzene rings is 1. The van der Waals surface area contributed by atoms with Gasteiger partial charge in [0.15, 0.2) is 0 Å². The minimum atomic E-state index is -3.53. The van der Waals surface area contributed by atoms with Crippen molar-refractivity contribution >= 4 is 39.1 Å². The first kappa shape index (κ1) is 19.9. The van der Waals surface area contributed by atoms with Crippen LogP contribution >= 0.6 is 23.2 Å². The highest BCUT2D eigenvalue weighted by Gasteiger charge is 2.34. The second kappa shape index (κ2) is 8.46. The highest BCUT2D eigenvalue weighted by atomic mass is 35.5. The van der Waals surface area contributed by atoms with Crippen molar-refractivity contribution in [2.45, 2.75) is 37.9 Å². The summed E-state index contributed by atoms with van der Waals surface area (Å²) in [6, 6.07) is 4.83. The quantitative estimate of drug-likeness (QED) is 0.750. The molecule has 144 valence electrons. The van der Waals surface area contributed by atoms with E-state index in [1.165, 1.54) is 4.31 Å². The number of carbonyl (C=O) groups is 1. The van der Waals surface area contributed by atoms with Crippen molar-refractivity contribution in [2.75, 3.05) is 26.2 Å². The van der Waals surface area contributed by atoms with Crippen molar-refractivity contribution in [3.8, 4) is 0 Å². The molecule has 2 aliphatic rings. The molecule has 8 heteroatoms. The van der Waals surface area contributed by atoms with E-state index in [2.05, 4.69) is 0 Å². The molecular formula is C18H24Cl2N2O3S. The lowest BCUT2D eigenvalue weighted by atomic mass is 9.97. The monoisotopic (exact) mass is 418 g/mol. The summed E-state index contributed by atoms with van der Waals surface area (Å²) >= 11 is 12.0. The molecule has 2 saturated heterocycles. The van der Waals surface area contributed by atoms with E-state index in [-0.39, 0.29) is 24.1 Å². The normalized spacial score (nSPS) is 22.4. The Morgan fingerprint density at radius 1 is 1.08 bits per heavy atom. The molecular weight excluding hydrogens is 395 g/mol. The van der Waals surface area contributed by atoms with E-state index in [0.717, 1.165) is 38.8 Å². The van der Waals surface area contributed by atoms with E-state index in [0.29, 0.717) is 28.6 Å². The second-order valence-electron chi connectivity index (χ2n) is 7.08. The van der Waals surface area contributed by atoms with Gasteiger partial charge in [0.05, 0.1) is 11.7 Å². The van der Waals surface area contributed by atoms with E-state index in [4.69, 9.17) is 23.2 Å². The molecule has 3 rings (SSSR count). The van der Waals surface area contributed by atoms with Crippen LogP contribution in [0.3, 0.4) is 0 Å². The molecule has 2 aliphatic heterocycles. The minimum Gasteiger partial charge on any atom is -0.342 e. The summed E-state index contributed by atoms with van der Waals surface area (Å²) in [7, 11) is -3.53. The Balaban J connectivity index is 1.68. The Kier molecular flexibility index (Phi) is 6.49. The molecule has 0 spiro atoms. The van der Waals surface area contributed by atoms with Gasteiger partial charge in [-0.1, -0.05) is 29.3 Å². The largest absolute Gasteiger partial charge is 0.342 e. The number of amides is 1. The zero-order valence-corrected chi connectivity index (χ0v) is 17.0. The van der Waals surface area contributed by atoms with Gasteiger partial charge in [0.2, 0.25) is 15.9 Å². The summed E-state index contributed by atoms with van der Waals surface area (Å²) in [4.78, 5) is 14.6. The Morgan fingerprint density at radius 3 is 2.50 bits per heavy atom. The zero-order valence-electron chi connectivity index (χ0n) is 14.7. The van der Waals surface area contributed by atoms with Crippen LogP contribution in [0.5, 0.6) is 0 Å². The lowest BCUT2D eigenvalue weighted by Crippen LogP contribution is -2.48. The first-order chi connectivity index (χ1) is 12.4. The molecule has 0 N–H and O–H groups in total. The lowest BCUT2D eigenvalue weighted by Gasteiger charge is -2.35. The van der Waals surface area contributed by atoms with Crippen LogP contribution in [-0.2, 0) is 20.6 Å². The molecule has 2 heterocycles. The molecule has 1 amide bonds. The Bertz CT molecular complexity index is 764. The molecule has 0 aromatic heterocycles. The Morgan fingerprint density at radius 2 is 1.81 bits per heavy atom. The summed E-state index contributed by atoms with van der Waals surface area (Å²) in [5, 5.41) is 0.820. The van der Waals surface area contributed by atoms with Crippen molar-refractivity contribution in [1.82, 2.24) is 9.21 Å². The molecule has 0 radical (unpaired) electrons. The number of sulfonamides is 1. The van der Waals surface area contributed by atoms with Gasteiger partial charge in [-0.3, -0.25) is 4.79 Å². The molecule has 1 atom stereocenters. The maximum atomic E-state index is 12.8. The highest BCUT2D eigenvalue weighted by molar-refractivity contribution is 7.88. The standard InChI is InChI=1S/C18H24Cl2N2O3S/c19-16-7-6-15(17(20)11-16)13-26(24,25)22-10-4-5-14(12-22)18(23)21-8-2-1-3-9-21/h6-7,11,14H,1-5,8-10,12-13H2. The van der Waals surface area contributed by atoms with Crippen LogP contribution in [0, 0.1) is 5.92 Å². The van der Waals surface area contributed by atoms with Crippen molar-refractivity contribution in [1.29, 1.82) is 0 Å². The summed E-state index contributed by atoms with van der Waals surface area (Å²) in [6.07, 6.45) is 4.70. The number of nitrogens with zero attached hydrogens (tertiary/aromatic N) is 2. The Hall–Kier alpha value is -0.820. The van der Waals surface area contributed by atoms with Gasteiger partial charge in [0.1, 0.15) is 0 Å². The maximum absolute atomic E-state index is 12.8. The molecule has 1 aromatic carbocycles. The number of carbonyl (C=O) groups excluding carboxylic acids is 1. The third kappa shape index (κ3) is 4.71. The van der Waals surface area contributed by atoms with Gasteiger partial charge in [-0.2, -0.15) is 0 Å². The number of hydrogen-bond donors (Lipinski definition) is 0. The van der Waals surface area contributed by atoms with Crippen molar-refractivity contribution < 1.29 is 13.2 Å². The van der Waals surface area contributed by atoms with E-state index < -0.39 is 10.0 Å². The van der Waals surface area contributed by atoms with Crippen molar-refractivity contribution in [3.05, 3.63) is 33.8 Å². The summed E-state index contributed by atoms with van der Waals surface area (Å²) in [5.41, 5.74) is 0.528. The average molecular weight is 419 g/mol. The van der Waals surface area contributed by atoms with Gasteiger partial charge in [-0.25, -0.2) is 12.7 Å². The fourth-order valence-electron chi connectivity index (χ4n) is 3.70. The number of halogens is 2. The SMILES string of the molecule is O=C(C1CCCN(S(=O)(=O)Cc2ccc(Cl)cc2Cl)C1)N1CCCCC1. The molecule has 26 heavy (non-hydrogen) atoms. The van der Waals surface area contributed by atoms with Crippen molar-refractivity contribution in [2.24, 2.45) is 5.92 Å². The highest BCUT2D eigenvalue weighted by Crippen LogP contribution is 2.27. The molecule has 0 saturated carbocycles. The van der Waals surface area contributed by atoms with Gasteiger partial charge in [-0.05, 0) is 49.8 Å². The summed E-state index contributed by atoms with van der Waals surface area (Å²) < 4.78 is 27.1. The van der Waals surface area contributed by atoms with Crippen LogP contribution in [0.4, 0.5) is 0 Å². The summed E-state index contributed by atoms with van der Waals surface area (Å²) in [5.74, 6) is -0.306. The second-order valence-corrected chi connectivity index (χ2v) is 9.89. The van der Waals surface area contributed by atoms with E-state index in [1.54, 1.807) is 18.2 Å². The smallest absolute Gasteiger partial charge is 0.227 e. The lowest BCUT2D eigenvalue weighted by molar-refractivity contribution is -0.137. The fraction of sp³-hybridized carbons (Fsp3) is 0.611. The average Bonchev–Trinajstić information content (AvgIpc) is 2.64. The number of likely N-dealkylation sites (tertiary alicyclic amines) is 1. The van der Waals surface area contributed by atoms with Crippen LogP contribution in [0.1, 0.15) is 37.7 Å². The number of piperidine rings is 2. The molecule has 5 nitrogen and oxygen atoms in total. The predicted octanol–water partition coefficient (Wildman–Crippen LogP) is 3.55. The number of rotatable bonds is 4. The van der Waals surface area contributed by atoms with Crippen LogP contribution in [0.15, 0.2) is 18.2 Å². The van der Waals surface area contributed by atoms with Gasteiger partial charge in [-0.15, -0.1) is 0 Å². The zero-order chi connectivity index (χ0) is 18.7. The van der Waals surface area contributed by atoms with Crippen LogP contribution < -0.4 is 0 Å². The fourth-order valence-corrected chi connectivity index (χ4v) is 5.89.